The lowest BCUT2D eigenvalue weighted by atomic mass is 10.3. The highest BCUT2D eigenvalue weighted by Gasteiger charge is 1.88. The normalized spacial score (nSPS) is 12.1. The second-order valence-corrected chi connectivity index (χ2v) is 2.68. The molecule has 0 aromatic carbocycles. The van der Waals surface area contributed by atoms with Gasteiger partial charge in [0.15, 0.2) is 0 Å². The molecule has 0 saturated heterocycles. The van der Waals surface area contributed by atoms with Gasteiger partial charge in [-0.2, -0.15) is 0 Å². The first-order valence-corrected chi connectivity index (χ1v) is 4.34. The summed E-state index contributed by atoms with van der Waals surface area (Å²) in [5.41, 5.74) is 1.66. The number of rotatable bonds is 3. The van der Waals surface area contributed by atoms with Crippen LogP contribution >= 0.6 is 23.4 Å². The zero-order valence-electron chi connectivity index (χ0n) is 5.28. The van der Waals surface area contributed by atoms with Crippen molar-refractivity contribution in [3.8, 4) is 0 Å². The first kappa shape index (κ1) is 8.38. The fourth-order valence-corrected chi connectivity index (χ4v) is 1.32. The van der Waals surface area contributed by atoms with Crippen molar-refractivity contribution in [3.63, 3.8) is 0 Å². The molecule has 48 valence electrons. The number of hydrogen-bond donors (Lipinski definition) is 0. The molecule has 0 aromatic heterocycles. The van der Waals surface area contributed by atoms with E-state index in [2.05, 4.69) is 6.92 Å². The zero-order chi connectivity index (χ0) is 6.41. The van der Waals surface area contributed by atoms with Crippen LogP contribution in [0.4, 0.5) is 0 Å². The van der Waals surface area contributed by atoms with Crippen molar-refractivity contribution in [2.45, 2.75) is 19.8 Å². The molecule has 0 nitrogen and oxygen atoms in total. The van der Waals surface area contributed by atoms with Gasteiger partial charge in [0, 0.05) is 5.54 Å². The average molecular weight is 151 g/mol. The van der Waals surface area contributed by atoms with Crippen molar-refractivity contribution in [1.29, 1.82) is 0 Å². The Morgan fingerprint density at radius 1 is 1.75 bits per heavy atom. The van der Waals surface area contributed by atoms with Gasteiger partial charge in [0.1, 0.15) is 0 Å². The summed E-state index contributed by atoms with van der Waals surface area (Å²) in [5.74, 6) is 0. The van der Waals surface area contributed by atoms with Gasteiger partial charge in [0.05, 0.1) is 0 Å². The van der Waals surface area contributed by atoms with Gasteiger partial charge >= 0.3 is 0 Å². The van der Waals surface area contributed by atoms with Crippen molar-refractivity contribution in [3.05, 3.63) is 10.4 Å². The molecule has 0 aliphatic rings. The van der Waals surface area contributed by atoms with Crippen molar-refractivity contribution in [2.75, 3.05) is 6.26 Å². The maximum atomic E-state index is 5.46. The second kappa shape index (κ2) is 5.52. The van der Waals surface area contributed by atoms with Crippen molar-refractivity contribution in [2.24, 2.45) is 0 Å². The summed E-state index contributed by atoms with van der Waals surface area (Å²) in [6, 6.07) is 0. The Balaban J connectivity index is 3.38. The van der Waals surface area contributed by atoms with E-state index in [-0.39, 0.29) is 0 Å². The van der Waals surface area contributed by atoms with Crippen molar-refractivity contribution >= 4 is 23.4 Å². The Hall–Kier alpha value is 0.380. The van der Waals surface area contributed by atoms with Gasteiger partial charge < -0.3 is 0 Å². The van der Waals surface area contributed by atoms with Gasteiger partial charge in [-0.1, -0.05) is 24.9 Å². The third-order valence-corrected chi connectivity index (χ3v) is 2.12. The van der Waals surface area contributed by atoms with Crippen LogP contribution in [0.5, 0.6) is 0 Å². The maximum absolute atomic E-state index is 5.46. The van der Waals surface area contributed by atoms with Gasteiger partial charge in [0.2, 0.25) is 0 Å². The summed E-state index contributed by atoms with van der Waals surface area (Å²) in [5, 5.41) is 0. The molecule has 8 heavy (non-hydrogen) atoms. The molecule has 0 saturated carbocycles. The van der Waals surface area contributed by atoms with E-state index < -0.39 is 0 Å². The molecule has 0 aromatic rings. The molecule has 0 aliphatic heterocycles. The molecular formula is C6H11ClS. The summed E-state index contributed by atoms with van der Waals surface area (Å²) in [7, 11) is 0. The van der Waals surface area contributed by atoms with Crippen LogP contribution in [0, 0.1) is 0 Å². The molecule has 0 heterocycles. The van der Waals surface area contributed by atoms with Crippen LogP contribution in [0.15, 0.2) is 10.4 Å². The smallest absolute Gasteiger partial charge is 0.0138 e. The highest BCUT2D eigenvalue weighted by Crippen LogP contribution is 2.17. The topological polar surface area (TPSA) is 0 Å². The summed E-state index contributed by atoms with van der Waals surface area (Å²) in [6.45, 7) is 2.15. The fourth-order valence-electron chi connectivity index (χ4n) is 0.448. The molecule has 2 heteroatoms. The van der Waals surface area contributed by atoms with Crippen LogP contribution in [0.3, 0.4) is 0 Å². The molecule has 0 rings (SSSR count). The summed E-state index contributed by atoms with van der Waals surface area (Å²) < 4.78 is 0. The van der Waals surface area contributed by atoms with E-state index >= 15 is 0 Å². The van der Waals surface area contributed by atoms with E-state index in [1.165, 1.54) is 11.3 Å². The first-order chi connectivity index (χ1) is 3.85. The van der Waals surface area contributed by atoms with E-state index in [9.17, 15) is 0 Å². The molecular weight excluding hydrogens is 140 g/mol. The van der Waals surface area contributed by atoms with E-state index in [4.69, 9.17) is 11.6 Å². The largest absolute Gasteiger partial charge is 0.133 e. The predicted octanol–water partition coefficient (Wildman–Crippen LogP) is 3.23. The van der Waals surface area contributed by atoms with E-state index in [0.717, 1.165) is 6.42 Å². The van der Waals surface area contributed by atoms with Crippen LogP contribution < -0.4 is 0 Å². The highest BCUT2D eigenvalue weighted by atomic mass is 35.5. The minimum absolute atomic E-state index is 1.12. The molecule has 0 bridgehead atoms. The lowest BCUT2D eigenvalue weighted by Crippen LogP contribution is -1.70. The van der Waals surface area contributed by atoms with Gasteiger partial charge in [0.25, 0.3) is 0 Å². The Kier molecular flexibility index (Phi) is 5.78. The zero-order valence-corrected chi connectivity index (χ0v) is 6.85. The molecule has 0 N–H and O–H groups in total. The van der Waals surface area contributed by atoms with Crippen LogP contribution in [0.2, 0.25) is 0 Å². The minimum atomic E-state index is 1.12. The fraction of sp³-hybridized carbons (Fsp3) is 0.667. The third kappa shape index (κ3) is 3.39. The van der Waals surface area contributed by atoms with Crippen LogP contribution in [0.1, 0.15) is 19.8 Å². The standard InChI is InChI=1S/C6H11ClS/c1-3-4-6(5-7)8-2/h5H,3-4H2,1-2H3/b6-5+. The number of halogens is 1. The Bertz CT molecular complexity index is 78.6. The number of hydrogen-bond acceptors (Lipinski definition) is 1. The molecule has 0 fully saturated rings. The predicted molar refractivity (Wildman–Crippen MR) is 42.4 cm³/mol. The monoisotopic (exact) mass is 150 g/mol. The molecule has 0 unspecified atom stereocenters. The van der Waals surface area contributed by atoms with Crippen molar-refractivity contribution < 1.29 is 0 Å². The van der Waals surface area contributed by atoms with E-state index in [1.54, 1.807) is 17.3 Å². The van der Waals surface area contributed by atoms with Gasteiger partial charge in [-0.05, 0) is 17.6 Å². The SMILES string of the molecule is CCC/C(=C\Cl)SC. The maximum Gasteiger partial charge on any atom is 0.0138 e. The quantitative estimate of drug-likeness (QED) is 0.596. The van der Waals surface area contributed by atoms with Gasteiger partial charge in [-0.15, -0.1) is 11.8 Å². The minimum Gasteiger partial charge on any atom is -0.133 e. The summed E-state index contributed by atoms with van der Waals surface area (Å²) in [4.78, 5) is 1.27. The number of allylic oxidation sites excluding steroid dienone is 1. The van der Waals surface area contributed by atoms with Gasteiger partial charge in [-0.3, -0.25) is 0 Å². The lowest BCUT2D eigenvalue weighted by molar-refractivity contribution is 0.949. The second-order valence-electron chi connectivity index (χ2n) is 1.53. The Morgan fingerprint density at radius 3 is 2.50 bits per heavy atom. The van der Waals surface area contributed by atoms with Crippen LogP contribution in [-0.4, -0.2) is 6.26 Å². The highest BCUT2D eigenvalue weighted by molar-refractivity contribution is 8.02. The van der Waals surface area contributed by atoms with E-state index in [0.29, 0.717) is 0 Å². The van der Waals surface area contributed by atoms with E-state index in [1.807, 2.05) is 6.26 Å². The van der Waals surface area contributed by atoms with Crippen LogP contribution in [-0.2, 0) is 0 Å². The molecule has 0 atom stereocenters. The molecule has 0 amide bonds. The van der Waals surface area contributed by atoms with Crippen LogP contribution in [0.25, 0.3) is 0 Å². The number of thioether (sulfide) groups is 1. The first-order valence-electron chi connectivity index (χ1n) is 2.68. The molecule has 0 aliphatic carbocycles. The van der Waals surface area contributed by atoms with Crippen molar-refractivity contribution in [1.82, 2.24) is 0 Å². The lowest BCUT2D eigenvalue weighted by Gasteiger charge is -1.95. The Labute approximate surface area is 60.3 Å². The molecule has 0 spiro atoms. The summed E-state index contributed by atoms with van der Waals surface area (Å²) >= 11 is 7.19. The Morgan fingerprint density at radius 2 is 2.38 bits per heavy atom. The molecule has 0 radical (unpaired) electrons. The van der Waals surface area contributed by atoms with Gasteiger partial charge in [-0.25, -0.2) is 0 Å². The summed E-state index contributed by atoms with van der Waals surface area (Å²) in [6.07, 6.45) is 4.34. The average Bonchev–Trinajstić information content (AvgIpc) is 1.83. The third-order valence-electron chi connectivity index (χ3n) is 0.880.